The number of esters is 6. The Labute approximate surface area is 813 Å². The number of amides is 15. The number of hydrogen-bond acceptors (Lipinski definition) is 35. The van der Waals surface area contributed by atoms with Gasteiger partial charge >= 0.3 is 54.1 Å². The highest BCUT2D eigenvalue weighted by Gasteiger charge is 2.54. The molecule has 18 atom stereocenters. The van der Waals surface area contributed by atoms with E-state index in [1.54, 1.807) is 27.7 Å². The minimum atomic E-state index is -1.93. The summed E-state index contributed by atoms with van der Waals surface area (Å²) in [6, 6.07) is -15.0. The Balaban J connectivity index is 1.48. The number of unbranched alkanes of at least 4 members (excludes halogenated alkanes) is 3. The average Bonchev–Trinajstić information content (AvgIpc) is 0.932. The number of alkyl carbamates (subject to hydrolysis) is 2. The molecule has 0 spiro atoms. The van der Waals surface area contributed by atoms with Crippen LogP contribution < -0.4 is 64.6 Å². The molecule has 0 aliphatic carbocycles. The van der Waals surface area contributed by atoms with Crippen molar-refractivity contribution >= 4 is 125 Å². The van der Waals surface area contributed by atoms with Gasteiger partial charge in [0.2, 0.25) is 65.0 Å². The van der Waals surface area contributed by atoms with Gasteiger partial charge in [-0.1, -0.05) is 39.8 Å². The summed E-state index contributed by atoms with van der Waals surface area (Å²) < 4.78 is 72.6. The number of carbonyl (C=O) groups excluding carboxylic acids is 21. The molecule has 140 heavy (non-hydrogen) atoms. The standard InChI is InChI=1S/C91H143N15O34/c1-50(2)46-63-80(119)101-62(33-34-71(116)94-39-35-70(93)115)84(123)106(90(127)140-91(13,14)15)67(30-16-19-36-92)85(124)105-41-27-32-66(105)82(121)100-61(29-18-21-38-96-89(126)131-45-25-23-43-129-87-73(98-53(6)108)77(137-59(12)114)75(135-57(10)112)69(139-87)49-133-55(8)110)79(118)103-64(47-51(3)4)83(122)104-40-26-31-65(104)81(120)99-60(78(117)102-63)28-17-20-37-95-88(125)130-44-24-22-42-128-86-72(97-52(5)107)76(136-58(11)113)74(134-56(9)111)68(138-86)48-132-54(7)109/h22-25,50-51,60-69,72-77,86-87H,16-21,26-49,92H2,1-15H3,(H2,93,115)(H,94,116)(H,95,125)(H,96,126)(H,97,107)(H,98,108)(H,99,120)(H,100,121)(H,101,119)(H,102,117)(H,103,118)/b24-22-,25-23-/t60-,61+,62+,63+,64+,65+,66+,67+,68-,69-,72-,73-,74-,75-,76-,77-,86-,87-/m1/s1. The Morgan fingerprint density at radius 2 is 0.843 bits per heavy atom. The summed E-state index contributed by atoms with van der Waals surface area (Å²) >= 11 is 0. The number of nitrogens with two attached hydrogens (primary N) is 2. The van der Waals surface area contributed by atoms with E-state index in [4.69, 9.17) is 73.0 Å². The summed E-state index contributed by atoms with van der Waals surface area (Å²) in [7, 11) is 0. The molecule has 0 saturated carbocycles. The molecule has 5 saturated heterocycles. The number of primary amides is 1. The number of nitrogens with one attached hydrogen (secondary N) is 10. The molecule has 0 radical (unpaired) electrons. The van der Waals surface area contributed by atoms with E-state index in [1.165, 1.54) is 63.8 Å². The molecule has 14 N–H and O–H groups in total. The van der Waals surface area contributed by atoms with Crippen LogP contribution in [0.2, 0.25) is 0 Å². The van der Waals surface area contributed by atoms with Gasteiger partial charge in [0.1, 0.15) is 105 Å². The quantitative estimate of drug-likeness (QED) is 0.0162. The highest BCUT2D eigenvalue weighted by atomic mass is 16.7. The third-order valence-electron chi connectivity index (χ3n) is 22.1. The van der Waals surface area contributed by atoms with Crippen LogP contribution in [0.5, 0.6) is 0 Å². The third-order valence-corrected chi connectivity index (χ3v) is 22.1. The lowest BCUT2D eigenvalue weighted by Crippen LogP contribution is -2.66. The van der Waals surface area contributed by atoms with E-state index in [-0.39, 0.29) is 174 Å². The lowest BCUT2D eigenvalue weighted by molar-refractivity contribution is -0.275. The van der Waals surface area contributed by atoms with Crippen LogP contribution in [-0.2, 0) is 148 Å². The summed E-state index contributed by atoms with van der Waals surface area (Å²) in [5.74, 6) is -15.7. The first kappa shape index (κ1) is 118. The van der Waals surface area contributed by atoms with Gasteiger partial charge in [0.15, 0.2) is 37.0 Å². The molecule has 0 aromatic heterocycles. The Bertz CT molecular complexity index is 4320. The second kappa shape index (κ2) is 60.0. The topological polar surface area (TPSA) is 661 Å². The zero-order chi connectivity index (χ0) is 104. The van der Waals surface area contributed by atoms with E-state index in [0.29, 0.717) is 4.90 Å². The first-order chi connectivity index (χ1) is 66.1. The molecular formula is C91H143N15O34. The smallest absolute Gasteiger partial charge is 0.417 e. The third kappa shape index (κ3) is 41.7. The predicted molar refractivity (Wildman–Crippen MR) is 488 cm³/mol. The van der Waals surface area contributed by atoms with Crippen molar-refractivity contribution in [3.63, 3.8) is 0 Å². The number of nitrogens with zero attached hydrogens (tertiary/aromatic N) is 3. The molecule has 5 rings (SSSR count). The second-order valence-electron chi connectivity index (χ2n) is 36.1. The minimum Gasteiger partial charge on any atom is -0.463 e. The zero-order valence-corrected chi connectivity index (χ0v) is 82.4. The summed E-state index contributed by atoms with van der Waals surface area (Å²) in [5, 5.41) is 26.7. The van der Waals surface area contributed by atoms with Crippen molar-refractivity contribution in [3.8, 4) is 0 Å². The van der Waals surface area contributed by atoms with Crippen molar-refractivity contribution in [2.24, 2.45) is 23.3 Å². The fraction of sp³-hybridized carbons (Fsp3) is 0.725. The van der Waals surface area contributed by atoms with Crippen LogP contribution >= 0.6 is 0 Å². The van der Waals surface area contributed by atoms with Gasteiger partial charge < -0.3 is 136 Å². The fourth-order valence-corrected chi connectivity index (χ4v) is 16.0. The van der Waals surface area contributed by atoms with E-state index in [2.05, 4.69) is 53.2 Å². The van der Waals surface area contributed by atoms with Crippen molar-refractivity contribution in [3.05, 3.63) is 24.3 Å². The minimum absolute atomic E-state index is 0.0168. The van der Waals surface area contributed by atoms with Crippen LogP contribution in [0.4, 0.5) is 14.4 Å². The molecule has 5 aliphatic heterocycles. The average molecular weight is 1990 g/mol. The second-order valence-corrected chi connectivity index (χ2v) is 36.1. The van der Waals surface area contributed by atoms with Crippen molar-refractivity contribution in [2.45, 2.75) is 335 Å². The van der Waals surface area contributed by atoms with Crippen LogP contribution in [0, 0.1) is 11.8 Å². The van der Waals surface area contributed by atoms with Crippen LogP contribution in [0.3, 0.4) is 0 Å². The van der Waals surface area contributed by atoms with Gasteiger partial charge in [-0.2, -0.15) is 0 Å². The Morgan fingerprint density at radius 3 is 1.26 bits per heavy atom. The van der Waals surface area contributed by atoms with Crippen molar-refractivity contribution in [2.75, 3.05) is 78.9 Å². The van der Waals surface area contributed by atoms with E-state index < -0.39 is 272 Å². The van der Waals surface area contributed by atoms with Gasteiger partial charge in [-0.15, -0.1) is 0 Å². The molecule has 0 bridgehead atoms. The largest absolute Gasteiger partial charge is 0.463 e. The van der Waals surface area contributed by atoms with Crippen molar-refractivity contribution in [1.29, 1.82) is 0 Å². The number of rotatable bonds is 44. The van der Waals surface area contributed by atoms with Gasteiger partial charge in [0.05, 0.1) is 13.2 Å². The molecule has 49 heteroatoms. The molecule has 5 fully saturated rings. The van der Waals surface area contributed by atoms with Gasteiger partial charge in [-0.05, 0) is 154 Å². The maximum Gasteiger partial charge on any atom is 0.417 e. The first-order valence-corrected chi connectivity index (χ1v) is 47.2. The number of imide groups is 1. The Hall–Kier alpha value is -12.2. The monoisotopic (exact) mass is 1990 g/mol. The highest BCUT2D eigenvalue weighted by Crippen LogP contribution is 2.33. The van der Waals surface area contributed by atoms with E-state index in [9.17, 15) is 57.5 Å². The van der Waals surface area contributed by atoms with Gasteiger partial charge in [-0.25, -0.2) is 19.3 Å². The SMILES string of the molecule is CC(=O)N[C@H]1[C@H](OC/C=C\COC(=O)NCCCC[C@@H]2NC(=O)[C@@H]3CCCN3C(=O)[C@H](CCCCN)N(C(=O)OC(C)(C)C)C(=O)[C@H](CCC(=O)NCCC(N)=O)NC(=O)[C@H](CC(C)C)NC(=O)[C@@H](CCCCNC(=O)OC/C=C\CO[C@@H]3O[C@H](COC(C)=O)[C@@H](OC(C)=O)[C@H](OC(C)=O)[C@H]3NC(C)=O)NC(=O)[C@@H]3CCCN3C(=O)[C@H](CC(C)C)NC2=O)O[C@H](COC(C)=O)[C@@H](OC(C)=O)[C@@H]1OC(C)=O. The summed E-state index contributed by atoms with van der Waals surface area (Å²) in [5.41, 5.74) is 9.98. The zero-order valence-electron chi connectivity index (χ0n) is 82.4. The molecule has 5 heterocycles. The highest BCUT2D eigenvalue weighted by molar-refractivity contribution is 6.04. The van der Waals surface area contributed by atoms with Gasteiger partial charge in [0, 0.05) is 101 Å². The summed E-state index contributed by atoms with van der Waals surface area (Å²) in [4.78, 5) is 291. The van der Waals surface area contributed by atoms with Gasteiger partial charge in [-0.3, -0.25) is 86.3 Å². The molecule has 15 amide bonds. The number of carbonyl (C=O) groups is 21. The van der Waals surface area contributed by atoms with Crippen molar-refractivity contribution < 1.29 is 162 Å². The van der Waals surface area contributed by atoms with Gasteiger partial charge in [0.25, 0.3) is 5.91 Å². The normalized spacial score (nSPS) is 25.2. The Morgan fingerprint density at radius 1 is 0.443 bits per heavy atom. The van der Waals surface area contributed by atoms with Crippen LogP contribution in [0.15, 0.2) is 24.3 Å². The molecule has 0 aromatic rings. The maximum absolute atomic E-state index is 15.9. The fourth-order valence-electron chi connectivity index (χ4n) is 16.0. The maximum atomic E-state index is 15.9. The molecule has 0 unspecified atom stereocenters. The predicted octanol–water partition coefficient (Wildman–Crippen LogP) is -0.218. The van der Waals surface area contributed by atoms with Crippen LogP contribution in [0.1, 0.15) is 219 Å². The molecule has 0 aromatic carbocycles. The van der Waals surface area contributed by atoms with Crippen LogP contribution in [0.25, 0.3) is 0 Å². The van der Waals surface area contributed by atoms with Crippen LogP contribution in [-0.4, -0.2) is 334 Å². The molecule has 49 nitrogen and oxygen atoms in total. The van der Waals surface area contributed by atoms with E-state index in [0.717, 1.165) is 46.4 Å². The first-order valence-electron chi connectivity index (χ1n) is 47.2. The van der Waals surface area contributed by atoms with Crippen molar-refractivity contribution in [1.82, 2.24) is 67.9 Å². The lowest BCUT2D eigenvalue weighted by Gasteiger charge is -2.44. The van der Waals surface area contributed by atoms with E-state index in [1.807, 2.05) is 0 Å². The summed E-state index contributed by atoms with van der Waals surface area (Å²) in [6.07, 6.45) is -9.72. The lowest BCUT2D eigenvalue weighted by atomic mass is 9.96. The summed E-state index contributed by atoms with van der Waals surface area (Å²) in [6.45, 7) is 17.7. The Kier molecular flexibility index (Phi) is 50.7. The molecule has 786 valence electrons. The molecular weight excluding hydrogens is 1850 g/mol. The number of hydrogen-bond donors (Lipinski definition) is 12. The molecule has 5 aliphatic rings. The number of ether oxygens (including phenoxy) is 13. The number of fused-ring (bicyclic) bond motifs is 2. The van der Waals surface area contributed by atoms with E-state index >= 15 is 43.2 Å².